The first kappa shape index (κ1) is 23.2. The first-order valence-corrected chi connectivity index (χ1v) is 10.7. The largest absolute Gasteiger partial charge is 0.489 e. The Morgan fingerprint density at radius 2 is 1.77 bits per heavy atom. The summed E-state index contributed by atoms with van der Waals surface area (Å²) in [5, 5.41) is 13.1. The van der Waals surface area contributed by atoms with E-state index in [1.807, 2.05) is 18.2 Å². The molecule has 1 heterocycles. The molecule has 7 nitrogen and oxygen atoms in total. The fraction of sp³-hybridized carbons (Fsp3) is 0.0714. The summed E-state index contributed by atoms with van der Waals surface area (Å²) >= 11 is 0. The van der Waals surface area contributed by atoms with Crippen LogP contribution in [0.3, 0.4) is 0 Å². The molecule has 0 fully saturated rings. The molecule has 1 N–H and O–H groups in total. The van der Waals surface area contributed by atoms with Gasteiger partial charge < -0.3 is 14.8 Å². The number of carbonyl (C=O) groups is 2. The van der Waals surface area contributed by atoms with Crippen LogP contribution in [0.15, 0.2) is 90.6 Å². The van der Waals surface area contributed by atoms with Crippen molar-refractivity contribution >= 4 is 34.5 Å². The van der Waals surface area contributed by atoms with Crippen molar-refractivity contribution in [3.05, 3.63) is 107 Å². The Morgan fingerprint density at radius 3 is 2.49 bits per heavy atom. The van der Waals surface area contributed by atoms with E-state index in [0.29, 0.717) is 29.2 Å². The van der Waals surface area contributed by atoms with Gasteiger partial charge in [0.25, 0.3) is 5.91 Å². The molecule has 4 rings (SSSR count). The van der Waals surface area contributed by atoms with Gasteiger partial charge in [-0.25, -0.2) is 4.79 Å². The molecule has 0 aliphatic heterocycles. The topological polar surface area (TPSA) is 101 Å². The molecule has 0 saturated heterocycles. The third kappa shape index (κ3) is 5.70. The molecule has 0 bridgehead atoms. The number of fused-ring (bicyclic) bond motifs is 1. The van der Waals surface area contributed by atoms with E-state index >= 15 is 0 Å². The Morgan fingerprint density at radius 1 is 1.00 bits per heavy atom. The average Bonchev–Trinajstić information content (AvgIpc) is 2.91. The summed E-state index contributed by atoms with van der Waals surface area (Å²) in [6, 6.07) is 25.1. The molecule has 0 atom stereocenters. The molecular weight excluding hydrogens is 442 g/mol. The molecule has 0 radical (unpaired) electrons. The van der Waals surface area contributed by atoms with Gasteiger partial charge >= 0.3 is 5.97 Å². The Kier molecular flexibility index (Phi) is 7.14. The lowest BCUT2D eigenvalue weighted by Crippen LogP contribution is -2.13. The number of nitriles is 1. The van der Waals surface area contributed by atoms with Crippen molar-refractivity contribution in [1.29, 1.82) is 5.26 Å². The van der Waals surface area contributed by atoms with Gasteiger partial charge in [0.05, 0.1) is 23.9 Å². The number of methoxy groups -OCH3 is 1. The summed E-state index contributed by atoms with van der Waals surface area (Å²) in [5.41, 5.74) is 3.37. The van der Waals surface area contributed by atoms with Crippen LogP contribution < -0.4 is 10.1 Å². The average molecular weight is 463 g/mol. The molecule has 0 aliphatic carbocycles. The number of hydrogen-bond donors (Lipinski definition) is 1. The normalized spacial score (nSPS) is 10.9. The van der Waals surface area contributed by atoms with Crippen molar-refractivity contribution in [3.8, 4) is 11.8 Å². The van der Waals surface area contributed by atoms with Gasteiger partial charge in [-0.1, -0.05) is 30.3 Å². The molecule has 35 heavy (non-hydrogen) atoms. The molecule has 1 aromatic heterocycles. The summed E-state index contributed by atoms with van der Waals surface area (Å²) in [5.74, 6) is -0.259. The minimum absolute atomic E-state index is 0.0229. The lowest BCUT2D eigenvalue weighted by Gasteiger charge is -2.08. The maximum absolute atomic E-state index is 12.7. The van der Waals surface area contributed by atoms with Crippen LogP contribution in [0.1, 0.15) is 21.5 Å². The SMILES string of the molecule is COC(=O)c1ccc(COc2ccc(/C=C(/C#N)C(=O)Nc3cccc4ncccc34)cc2)cc1. The van der Waals surface area contributed by atoms with Gasteiger partial charge in [0.2, 0.25) is 0 Å². The van der Waals surface area contributed by atoms with Gasteiger partial charge in [-0.3, -0.25) is 9.78 Å². The number of esters is 1. The zero-order valence-corrected chi connectivity index (χ0v) is 18.9. The molecule has 172 valence electrons. The van der Waals surface area contributed by atoms with Crippen LogP contribution in [0, 0.1) is 11.3 Å². The summed E-state index contributed by atoms with van der Waals surface area (Å²) in [4.78, 5) is 28.5. The standard InChI is InChI=1S/C28H21N3O4/c1-34-28(33)21-11-7-20(8-12-21)18-35-23-13-9-19(10-14-23)16-22(17-29)27(32)31-26-6-2-5-25-24(26)4-3-15-30-25/h2-16H,18H2,1H3,(H,31,32)/b22-16-. The predicted molar refractivity (Wildman–Crippen MR) is 133 cm³/mol. The number of benzene rings is 3. The Bertz CT molecular complexity index is 1430. The fourth-order valence-electron chi connectivity index (χ4n) is 3.40. The molecule has 0 aliphatic rings. The molecule has 4 aromatic rings. The second-order valence-electron chi connectivity index (χ2n) is 7.55. The van der Waals surface area contributed by atoms with E-state index in [1.54, 1.807) is 72.9 Å². The number of carbonyl (C=O) groups excluding carboxylic acids is 2. The molecule has 3 aromatic carbocycles. The zero-order chi connectivity index (χ0) is 24.6. The lowest BCUT2D eigenvalue weighted by atomic mass is 10.1. The van der Waals surface area contributed by atoms with Gasteiger partial charge in [-0.2, -0.15) is 5.26 Å². The van der Waals surface area contributed by atoms with Crippen LogP contribution in [0.2, 0.25) is 0 Å². The van der Waals surface area contributed by atoms with Crippen LogP contribution in [-0.4, -0.2) is 24.0 Å². The van der Waals surface area contributed by atoms with E-state index in [2.05, 4.69) is 10.3 Å². The minimum Gasteiger partial charge on any atom is -0.489 e. The van der Waals surface area contributed by atoms with Gasteiger partial charge in [-0.05, 0) is 65.7 Å². The predicted octanol–water partition coefficient (Wildman–Crippen LogP) is 5.15. The van der Waals surface area contributed by atoms with E-state index in [-0.39, 0.29) is 11.5 Å². The molecule has 1 amide bonds. The van der Waals surface area contributed by atoms with E-state index in [0.717, 1.165) is 16.5 Å². The molecule has 0 spiro atoms. The fourth-order valence-corrected chi connectivity index (χ4v) is 3.40. The first-order valence-electron chi connectivity index (χ1n) is 10.7. The third-order valence-corrected chi connectivity index (χ3v) is 5.23. The number of nitrogens with zero attached hydrogens (tertiary/aromatic N) is 2. The minimum atomic E-state index is -0.500. The van der Waals surface area contributed by atoms with Crippen molar-refractivity contribution in [3.63, 3.8) is 0 Å². The van der Waals surface area contributed by atoms with Crippen molar-refractivity contribution in [2.24, 2.45) is 0 Å². The van der Waals surface area contributed by atoms with Gasteiger partial charge in [0.15, 0.2) is 0 Å². The number of hydrogen-bond acceptors (Lipinski definition) is 6. The third-order valence-electron chi connectivity index (χ3n) is 5.23. The summed E-state index contributed by atoms with van der Waals surface area (Å²) in [6.07, 6.45) is 3.21. The Labute approximate surface area is 202 Å². The molecule has 0 saturated carbocycles. The summed E-state index contributed by atoms with van der Waals surface area (Å²) in [6.45, 7) is 0.322. The second kappa shape index (κ2) is 10.8. The van der Waals surface area contributed by atoms with Crippen molar-refractivity contribution < 1.29 is 19.1 Å². The maximum Gasteiger partial charge on any atom is 0.337 e. The van der Waals surface area contributed by atoms with Crippen LogP contribution in [-0.2, 0) is 16.1 Å². The second-order valence-corrected chi connectivity index (χ2v) is 7.55. The number of aromatic nitrogens is 1. The molecule has 0 unspecified atom stereocenters. The number of amides is 1. The van der Waals surface area contributed by atoms with E-state index in [9.17, 15) is 14.9 Å². The number of nitrogens with one attached hydrogen (secondary N) is 1. The van der Waals surface area contributed by atoms with Crippen LogP contribution >= 0.6 is 0 Å². The highest BCUT2D eigenvalue weighted by Crippen LogP contribution is 2.22. The van der Waals surface area contributed by atoms with Gasteiger partial charge in [-0.15, -0.1) is 0 Å². The quantitative estimate of drug-likeness (QED) is 0.231. The molecular formula is C28H21N3O4. The number of ether oxygens (including phenoxy) is 2. The smallest absolute Gasteiger partial charge is 0.337 e. The van der Waals surface area contributed by atoms with E-state index in [4.69, 9.17) is 9.47 Å². The first-order chi connectivity index (χ1) is 17.1. The van der Waals surface area contributed by atoms with Gasteiger partial charge in [0.1, 0.15) is 24.0 Å². The maximum atomic E-state index is 12.7. The van der Waals surface area contributed by atoms with Crippen molar-refractivity contribution in [2.45, 2.75) is 6.61 Å². The Balaban J connectivity index is 1.40. The van der Waals surface area contributed by atoms with Crippen molar-refractivity contribution in [1.82, 2.24) is 4.98 Å². The highest BCUT2D eigenvalue weighted by Gasteiger charge is 2.12. The number of anilines is 1. The number of rotatable bonds is 7. The van der Waals surface area contributed by atoms with E-state index in [1.165, 1.54) is 13.2 Å². The number of pyridine rings is 1. The Hall–Kier alpha value is -4.96. The highest BCUT2D eigenvalue weighted by molar-refractivity contribution is 6.12. The molecule has 7 heteroatoms. The van der Waals surface area contributed by atoms with E-state index < -0.39 is 5.91 Å². The van der Waals surface area contributed by atoms with Crippen molar-refractivity contribution in [2.75, 3.05) is 12.4 Å². The summed E-state index contributed by atoms with van der Waals surface area (Å²) in [7, 11) is 1.34. The van der Waals surface area contributed by atoms with Crippen LogP contribution in [0.25, 0.3) is 17.0 Å². The lowest BCUT2D eigenvalue weighted by molar-refractivity contribution is -0.112. The highest BCUT2D eigenvalue weighted by atomic mass is 16.5. The van der Waals surface area contributed by atoms with Crippen LogP contribution in [0.5, 0.6) is 5.75 Å². The van der Waals surface area contributed by atoms with Gasteiger partial charge in [0, 0.05) is 11.6 Å². The monoisotopic (exact) mass is 463 g/mol. The summed E-state index contributed by atoms with van der Waals surface area (Å²) < 4.78 is 10.5. The zero-order valence-electron chi connectivity index (χ0n) is 18.9. The van der Waals surface area contributed by atoms with Crippen LogP contribution in [0.4, 0.5) is 5.69 Å².